The molecule has 0 amide bonds. The summed E-state index contributed by atoms with van der Waals surface area (Å²) in [6.07, 6.45) is 2.39. The van der Waals surface area contributed by atoms with Crippen LogP contribution in [0.3, 0.4) is 0 Å². The van der Waals surface area contributed by atoms with Crippen LogP contribution in [0.1, 0.15) is 43.5 Å². The summed E-state index contributed by atoms with van der Waals surface area (Å²) in [6, 6.07) is 4.91. The van der Waals surface area contributed by atoms with Gasteiger partial charge in [-0.1, -0.05) is 19.9 Å². The van der Waals surface area contributed by atoms with Gasteiger partial charge < -0.3 is 9.64 Å². The SMILES string of the molecule is CCC(CC)N(C)CCC(=O)c1c(F)cccc1OC. The first-order chi connectivity index (χ1) is 9.54. The van der Waals surface area contributed by atoms with Gasteiger partial charge in [0.15, 0.2) is 5.78 Å². The third kappa shape index (κ3) is 4.04. The van der Waals surface area contributed by atoms with E-state index >= 15 is 0 Å². The maximum atomic E-state index is 13.8. The van der Waals surface area contributed by atoms with Crippen LogP contribution < -0.4 is 4.74 Å². The van der Waals surface area contributed by atoms with E-state index in [-0.39, 0.29) is 11.3 Å². The maximum Gasteiger partial charge on any atom is 0.170 e. The van der Waals surface area contributed by atoms with E-state index in [0.29, 0.717) is 24.8 Å². The summed E-state index contributed by atoms with van der Waals surface area (Å²) in [4.78, 5) is 14.4. The molecule has 0 aliphatic carbocycles. The predicted molar refractivity (Wildman–Crippen MR) is 78.9 cm³/mol. The average molecular weight is 281 g/mol. The van der Waals surface area contributed by atoms with Crippen molar-refractivity contribution in [1.29, 1.82) is 0 Å². The zero-order valence-corrected chi connectivity index (χ0v) is 12.8. The van der Waals surface area contributed by atoms with Gasteiger partial charge in [0, 0.05) is 19.0 Å². The third-order valence-corrected chi connectivity index (χ3v) is 3.73. The topological polar surface area (TPSA) is 29.5 Å². The lowest BCUT2D eigenvalue weighted by molar-refractivity contribution is 0.0951. The Morgan fingerprint density at radius 2 is 2.00 bits per heavy atom. The second kappa shape index (κ2) is 8.00. The number of ketones is 1. The Bertz CT molecular complexity index is 444. The summed E-state index contributed by atoms with van der Waals surface area (Å²) >= 11 is 0. The zero-order valence-electron chi connectivity index (χ0n) is 12.8. The number of carbonyl (C=O) groups is 1. The van der Waals surface area contributed by atoms with E-state index < -0.39 is 5.82 Å². The fraction of sp³-hybridized carbons (Fsp3) is 0.562. The van der Waals surface area contributed by atoms with Crippen molar-refractivity contribution in [1.82, 2.24) is 4.90 Å². The number of methoxy groups -OCH3 is 1. The summed E-state index contributed by atoms with van der Waals surface area (Å²) < 4.78 is 18.9. The van der Waals surface area contributed by atoms with E-state index in [1.54, 1.807) is 12.1 Å². The van der Waals surface area contributed by atoms with Crippen LogP contribution in [-0.2, 0) is 0 Å². The molecule has 112 valence electrons. The Kier molecular flexibility index (Phi) is 6.65. The summed E-state index contributed by atoms with van der Waals surface area (Å²) in [5.41, 5.74) is 0.0629. The quantitative estimate of drug-likeness (QED) is 0.683. The molecule has 0 spiro atoms. The highest BCUT2D eigenvalue weighted by Crippen LogP contribution is 2.23. The van der Waals surface area contributed by atoms with Gasteiger partial charge in [0.1, 0.15) is 11.6 Å². The number of halogens is 1. The molecule has 0 heterocycles. The molecular weight excluding hydrogens is 257 g/mol. The van der Waals surface area contributed by atoms with Crippen molar-refractivity contribution < 1.29 is 13.9 Å². The number of nitrogens with zero attached hydrogens (tertiary/aromatic N) is 1. The summed E-state index contributed by atoms with van der Waals surface area (Å²) in [5.74, 6) is -0.419. The van der Waals surface area contributed by atoms with E-state index in [4.69, 9.17) is 4.74 Å². The van der Waals surface area contributed by atoms with Crippen LogP contribution in [0, 0.1) is 5.82 Å². The fourth-order valence-corrected chi connectivity index (χ4v) is 2.44. The molecule has 0 atom stereocenters. The molecule has 0 unspecified atom stereocenters. The van der Waals surface area contributed by atoms with E-state index in [1.807, 2.05) is 7.05 Å². The number of carbonyl (C=O) groups excluding carboxylic acids is 1. The molecule has 0 aliphatic rings. The highest BCUT2D eigenvalue weighted by atomic mass is 19.1. The van der Waals surface area contributed by atoms with Crippen molar-refractivity contribution in [2.45, 2.75) is 39.2 Å². The molecule has 0 saturated carbocycles. The lowest BCUT2D eigenvalue weighted by Crippen LogP contribution is -2.32. The van der Waals surface area contributed by atoms with Crippen LogP contribution in [0.4, 0.5) is 4.39 Å². The minimum atomic E-state index is -0.514. The lowest BCUT2D eigenvalue weighted by Gasteiger charge is -2.25. The molecule has 0 aliphatic heterocycles. The Morgan fingerprint density at radius 1 is 1.35 bits per heavy atom. The summed E-state index contributed by atoms with van der Waals surface area (Å²) in [5, 5.41) is 0. The highest BCUT2D eigenvalue weighted by molar-refractivity contribution is 5.99. The van der Waals surface area contributed by atoms with Crippen LogP contribution in [0.5, 0.6) is 5.75 Å². The van der Waals surface area contributed by atoms with E-state index in [2.05, 4.69) is 18.7 Å². The van der Waals surface area contributed by atoms with E-state index in [0.717, 1.165) is 12.8 Å². The summed E-state index contributed by atoms with van der Waals surface area (Å²) in [7, 11) is 3.45. The van der Waals surface area contributed by atoms with Gasteiger partial charge in [0.05, 0.1) is 12.7 Å². The normalized spacial score (nSPS) is 11.2. The molecule has 3 nitrogen and oxygen atoms in total. The second-order valence-electron chi connectivity index (χ2n) is 4.94. The van der Waals surface area contributed by atoms with Crippen LogP contribution in [0.25, 0.3) is 0 Å². The Balaban J connectivity index is 2.73. The van der Waals surface area contributed by atoms with Crippen LogP contribution in [-0.4, -0.2) is 37.4 Å². The maximum absolute atomic E-state index is 13.8. The van der Waals surface area contributed by atoms with Gasteiger partial charge in [-0.3, -0.25) is 4.79 Å². The number of rotatable bonds is 8. The van der Waals surface area contributed by atoms with Crippen molar-refractivity contribution in [3.05, 3.63) is 29.6 Å². The molecule has 4 heteroatoms. The van der Waals surface area contributed by atoms with Crippen molar-refractivity contribution in [2.75, 3.05) is 20.7 Å². The van der Waals surface area contributed by atoms with Gasteiger partial charge in [0.25, 0.3) is 0 Å². The predicted octanol–water partition coefficient (Wildman–Crippen LogP) is 3.53. The molecule has 1 rings (SSSR count). The number of ether oxygens (including phenoxy) is 1. The largest absolute Gasteiger partial charge is 0.496 e. The number of Topliss-reactive ketones (excluding diaryl/α,β-unsaturated/α-hetero) is 1. The minimum absolute atomic E-state index is 0.0629. The molecule has 0 aromatic heterocycles. The van der Waals surface area contributed by atoms with E-state index in [1.165, 1.54) is 13.2 Å². The Hall–Kier alpha value is -1.42. The van der Waals surface area contributed by atoms with Crippen molar-refractivity contribution in [2.24, 2.45) is 0 Å². The van der Waals surface area contributed by atoms with Crippen molar-refractivity contribution in [3.8, 4) is 5.75 Å². The minimum Gasteiger partial charge on any atom is -0.496 e. The molecule has 0 N–H and O–H groups in total. The monoisotopic (exact) mass is 281 g/mol. The highest BCUT2D eigenvalue weighted by Gasteiger charge is 2.19. The van der Waals surface area contributed by atoms with Crippen LogP contribution in [0.15, 0.2) is 18.2 Å². The number of benzene rings is 1. The van der Waals surface area contributed by atoms with E-state index in [9.17, 15) is 9.18 Å². The number of hydrogen-bond donors (Lipinski definition) is 0. The van der Waals surface area contributed by atoms with Gasteiger partial charge in [-0.05, 0) is 32.0 Å². The van der Waals surface area contributed by atoms with Gasteiger partial charge in [0.2, 0.25) is 0 Å². The molecule has 0 bridgehead atoms. The number of hydrogen-bond acceptors (Lipinski definition) is 3. The molecular formula is C16H24FNO2. The van der Waals surface area contributed by atoms with Crippen molar-refractivity contribution >= 4 is 5.78 Å². The molecule has 0 radical (unpaired) electrons. The lowest BCUT2D eigenvalue weighted by atomic mass is 10.0. The molecule has 1 aromatic rings. The molecule has 0 fully saturated rings. The third-order valence-electron chi connectivity index (χ3n) is 3.73. The molecule has 0 saturated heterocycles. The smallest absolute Gasteiger partial charge is 0.170 e. The molecule has 1 aromatic carbocycles. The van der Waals surface area contributed by atoms with Gasteiger partial charge in [-0.2, -0.15) is 0 Å². The summed E-state index contributed by atoms with van der Waals surface area (Å²) in [6.45, 7) is 4.89. The average Bonchev–Trinajstić information content (AvgIpc) is 2.45. The Labute approximate surface area is 120 Å². The zero-order chi connectivity index (χ0) is 15.1. The second-order valence-corrected chi connectivity index (χ2v) is 4.94. The van der Waals surface area contributed by atoms with Crippen LogP contribution in [0.2, 0.25) is 0 Å². The van der Waals surface area contributed by atoms with Gasteiger partial charge in [-0.15, -0.1) is 0 Å². The van der Waals surface area contributed by atoms with Crippen LogP contribution >= 0.6 is 0 Å². The molecule has 20 heavy (non-hydrogen) atoms. The first kappa shape index (κ1) is 16.6. The first-order valence-electron chi connectivity index (χ1n) is 7.11. The standard InChI is InChI=1S/C16H24FNO2/c1-5-12(6-2)18(3)11-10-14(19)16-13(17)8-7-9-15(16)20-4/h7-9,12H,5-6,10-11H2,1-4H3. The van der Waals surface area contributed by atoms with Crippen molar-refractivity contribution in [3.63, 3.8) is 0 Å². The van der Waals surface area contributed by atoms with Gasteiger partial charge >= 0.3 is 0 Å². The Morgan fingerprint density at radius 3 is 2.55 bits per heavy atom. The van der Waals surface area contributed by atoms with Gasteiger partial charge in [-0.25, -0.2) is 4.39 Å². The first-order valence-corrected chi connectivity index (χ1v) is 7.11. The fourth-order valence-electron chi connectivity index (χ4n) is 2.44.